The topological polar surface area (TPSA) is 33.2 Å². The summed E-state index contributed by atoms with van der Waals surface area (Å²) in [6.45, 7) is 7.15. The minimum atomic E-state index is 0.839. The van der Waals surface area contributed by atoms with Gasteiger partial charge in [0, 0.05) is 0 Å². The second-order valence-electron chi connectivity index (χ2n) is 2.90. The zero-order valence-electron chi connectivity index (χ0n) is 5.72. The number of quaternary nitrogens is 2. The normalized spacial score (nSPS) is 39.8. The van der Waals surface area contributed by atoms with Crippen molar-refractivity contribution in [3.05, 3.63) is 0 Å². The molecule has 1 aliphatic rings. The average molecular weight is 116 g/mol. The van der Waals surface area contributed by atoms with Crippen molar-refractivity contribution in [1.82, 2.24) is 0 Å². The van der Waals surface area contributed by atoms with Crippen molar-refractivity contribution in [2.45, 2.75) is 25.9 Å². The summed E-state index contributed by atoms with van der Waals surface area (Å²) in [5.74, 6) is 0. The summed E-state index contributed by atoms with van der Waals surface area (Å²) in [6, 6.07) is 1.68. The van der Waals surface area contributed by atoms with Gasteiger partial charge in [-0.05, 0) is 13.8 Å². The summed E-state index contributed by atoms with van der Waals surface area (Å²) in [6.07, 6.45) is 0. The molecule has 2 heteroatoms. The van der Waals surface area contributed by atoms with Crippen LogP contribution in [0.3, 0.4) is 0 Å². The molecule has 0 bridgehead atoms. The van der Waals surface area contributed by atoms with Crippen LogP contribution in [0, 0.1) is 0 Å². The van der Waals surface area contributed by atoms with Crippen LogP contribution < -0.4 is 10.6 Å². The SMILES string of the molecule is C[C@@H]1C[NH2+][C@H](C)C[NH2+]1. The number of hydrogen-bond acceptors (Lipinski definition) is 0. The summed E-state index contributed by atoms with van der Waals surface area (Å²) in [5, 5.41) is 4.84. The molecule has 0 aromatic carbocycles. The molecule has 1 aliphatic heterocycles. The van der Waals surface area contributed by atoms with Crippen molar-refractivity contribution in [2.75, 3.05) is 13.1 Å². The van der Waals surface area contributed by atoms with Gasteiger partial charge in [-0.3, -0.25) is 0 Å². The largest absolute Gasteiger partial charge is 0.334 e. The fourth-order valence-corrected chi connectivity index (χ4v) is 1.09. The molecule has 1 fully saturated rings. The number of rotatable bonds is 0. The van der Waals surface area contributed by atoms with Gasteiger partial charge in [-0.2, -0.15) is 0 Å². The van der Waals surface area contributed by atoms with Gasteiger partial charge in [0.1, 0.15) is 25.2 Å². The van der Waals surface area contributed by atoms with Crippen molar-refractivity contribution >= 4 is 0 Å². The first kappa shape index (κ1) is 6.05. The fourth-order valence-electron chi connectivity index (χ4n) is 1.09. The van der Waals surface area contributed by atoms with E-state index in [0.29, 0.717) is 0 Å². The van der Waals surface area contributed by atoms with Gasteiger partial charge in [0.2, 0.25) is 0 Å². The Bertz CT molecular complexity index is 54.9. The molecule has 1 saturated heterocycles. The summed E-state index contributed by atoms with van der Waals surface area (Å²) in [4.78, 5) is 0. The van der Waals surface area contributed by atoms with Crippen LogP contribution in [0.1, 0.15) is 13.8 Å². The van der Waals surface area contributed by atoms with Crippen molar-refractivity contribution in [2.24, 2.45) is 0 Å². The predicted octanol–water partition coefficient (Wildman–Crippen LogP) is -2.10. The Morgan fingerprint density at radius 3 is 1.62 bits per heavy atom. The molecule has 0 radical (unpaired) electrons. The fraction of sp³-hybridized carbons (Fsp3) is 1.00. The van der Waals surface area contributed by atoms with Gasteiger partial charge >= 0.3 is 0 Å². The number of nitrogens with two attached hydrogens (primary N) is 2. The monoisotopic (exact) mass is 116 g/mol. The van der Waals surface area contributed by atoms with E-state index in [1.165, 1.54) is 13.1 Å². The summed E-state index contributed by atoms with van der Waals surface area (Å²) >= 11 is 0. The molecule has 1 heterocycles. The van der Waals surface area contributed by atoms with E-state index in [9.17, 15) is 0 Å². The Kier molecular flexibility index (Phi) is 1.86. The van der Waals surface area contributed by atoms with Gasteiger partial charge in [-0.1, -0.05) is 0 Å². The van der Waals surface area contributed by atoms with E-state index >= 15 is 0 Å². The Labute approximate surface area is 50.7 Å². The molecule has 0 amide bonds. The van der Waals surface area contributed by atoms with E-state index < -0.39 is 0 Å². The lowest BCUT2D eigenvalue weighted by atomic mass is 10.2. The second kappa shape index (κ2) is 2.46. The molecule has 0 spiro atoms. The Balaban J connectivity index is 2.19. The van der Waals surface area contributed by atoms with E-state index in [1.54, 1.807) is 0 Å². The van der Waals surface area contributed by atoms with E-state index in [2.05, 4.69) is 24.5 Å². The van der Waals surface area contributed by atoms with Crippen LogP contribution in [0.25, 0.3) is 0 Å². The standard InChI is InChI=1S/C6H14N2/c1-5-3-8-6(2)4-7-5/h5-8H,3-4H2,1-2H3/p+2/t5-,6-/m1/s1. The molecular formula is C6H16N2+2. The van der Waals surface area contributed by atoms with E-state index in [0.717, 1.165) is 12.1 Å². The Morgan fingerprint density at radius 2 is 1.38 bits per heavy atom. The van der Waals surface area contributed by atoms with Crippen LogP contribution in [0.4, 0.5) is 0 Å². The second-order valence-corrected chi connectivity index (χ2v) is 2.90. The molecule has 4 N–H and O–H groups in total. The molecular weight excluding hydrogens is 100 g/mol. The molecule has 0 aliphatic carbocycles. The highest BCUT2D eigenvalue weighted by Crippen LogP contribution is 1.71. The minimum Gasteiger partial charge on any atom is -0.334 e. The smallest absolute Gasteiger partial charge is 0.133 e. The molecule has 1 rings (SSSR count). The van der Waals surface area contributed by atoms with Crippen molar-refractivity contribution < 1.29 is 10.6 Å². The van der Waals surface area contributed by atoms with Crippen molar-refractivity contribution in [3.8, 4) is 0 Å². The molecule has 2 nitrogen and oxygen atoms in total. The van der Waals surface area contributed by atoms with E-state index in [4.69, 9.17) is 0 Å². The van der Waals surface area contributed by atoms with Crippen LogP contribution in [-0.2, 0) is 0 Å². The van der Waals surface area contributed by atoms with Gasteiger partial charge < -0.3 is 10.6 Å². The molecule has 48 valence electrons. The molecule has 0 saturated carbocycles. The summed E-state index contributed by atoms with van der Waals surface area (Å²) in [5.41, 5.74) is 0. The van der Waals surface area contributed by atoms with Crippen LogP contribution in [0.5, 0.6) is 0 Å². The predicted molar refractivity (Wildman–Crippen MR) is 32.5 cm³/mol. The zero-order valence-corrected chi connectivity index (χ0v) is 5.72. The van der Waals surface area contributed by atoms with Gasteiger partial charge in [-0.15, -0.1) is 0 Å². The van der Waals surface area contributed by atoms with Crippen molar-refractivity contribution in [3.63, 3.8) is 0 Å². The molecule has 8 heavy (non-hydrogen) atoms. The zero-order chi connectivity index (χ0) is 5.98. The Hall–Kier alpha value is -0.0800. The Morgan fingerprint density at radius 1 is 1.00 bits per heavy atom. The maximum atomic E-state index is 2.42. The van der Waals surface area contributed by atoms with Crippen molar-refractivity contribution in [1.29, 1.82) is 0 Å². The first-order chi connectivity index (χ1) is 3.79. The highest BCUT2D eigenvalue weighted by atomic mass is 15.1. The third kappa shape index (κ3) is 1.46. The van der Waals surface area contributed by atoms with Gasteiger partial charge in [0.25, 0.3) is 0 Å². The highest BCUT2D eigenvalue weighted by molar-refractivity contribution is 4.47. The summed E-state index contributed by atoms with van der Waals surface area (Å²) in [7, 11) is 0. The molecule has 2 atom stereocenters. The first-order valence-electron chi connectivity index (χ1n) is 3.45. The van der Waals surface area contributed by atoms with E-state index in [1.807, 2.05) is 0 Å². The molecule has 0 aromatic heterocycles. The van der Waals surface area contributed by atoms with Crippen LogP contribution in [0.15, 0.2) is 0 Å². The van der Waals surface area contributed by atoms with Crippen LogP contribution in [-0.4, -0.2) is 25.2 Å². The number of piperazine rings is 1. The average Bonchev–Trinajstić information content (AvgIpc) is 1.77. The van der Waals surface area contributed by atoms with Crippen LogP contribution >= 0.6 is 0 Å². The first-order valence-corrected chi connectivity index (χ1v) is 3.45. The maximum Gasteiger partial charge on any atom is 0.133 e. The molecule has 0 unspecified atom stereocenters. The lowest BCUT2D eigenvalue weighted by molar-refractivity contribution is -0.828. The van der Waals surface area contributed by atoms with Gasteiger partial charge in [0.15, 0.2) is 0 Å². The third-order valence-electron chi connectivity index (χ3n) is 1.82. The quantitative estimate of drug-likeness (QED) is 0.364. The van der Waals surface area contributed by atoms with Gasteiger partial charge in [-0.25, -0.2) is 0 Å². The lowest BCUT2D eigenvalue weighted by Gasteiger charge is -2.19. The third-order valence-corrected chi connectivity index (χ3v) is 1.82. The maximum absolute atomic E-state index is 2.42. The minimum absolute atomic E-state index is 0.839. The molecule has 0 aromatic rings. The van der Waals surface area contributed by atoms with Gasteiger partial charge in [0.05, 0.1) is 0 Å². The van der Waals surface area contributed by atoms with E-state index in [-0.39, 0.29) is 0 Å². The lowest BCUT2D eigenvalue weighted by Crippen LogP contribution is -3.10. The number of hydrogen-bond donors (Lipinski definition) is 2. The summed E-state index contributed by atoms with van der Waals surface area (Å²) < 4.78 is 0. The highest BCUT2D eigenvalue weighted by Gasteiger charge is 2.18. The van der Waals surface area contributed by atoms with Crippen LogP contribution in [0.2, 0.25) is 0 Å².